The number of thiophene rings is 1. The predicted octanol–water partition coefficient (Wildman–Crippen LogP) is 5.24. The average Bonchev–Trinajstić information content (AvgIpc) is 3.08. The highest BCUT2D eigenvalue weighted by atomic mass is 32.1. The van der Waals surface area contributed by atoms with Crippen molar-refractivity contribution in [1.29, 1.82) is 0 Å². The number of phenols is 1. The monoisotopic (exact) mass is 347 g/mol. The van der Waals surface area contributed by atoms with Gasteiger partial charge in [0.15, 0.2) is 0 Å². The molecule has 0 saturated carbocycles. The zero-order valence-corrected chi connectivity index (χ0v) is 14.5. The Morgan fingerprint density at radius 2 is 1.76 bits per heavy atom. The fourth-order valence-electron chi connectivity index (χ4n) is 2.82. The van der Waals surface area contributed by atoms with Crippen LogP contribution in [0.3, 0.4) is 0 Å². The molecule has 0 aliphatic carbocycles. The molecule has 5 heteroatoms. The number of hydrogen-bond donors (Lipinski definition) is 2. The molecule has 0 spiro atoms. The molecule has 2 aromatic heterocycles. The largest absolute Gasteiger partial charge is 0.507 e. The van der Waals surface area contributed by atoms with Crippen LogP contribution in [0.15, 0.2) is 67.0 Å². The van der Waals surface area contributed by atoms with E-state index in [1.807, 2.05) is 42.5 Å². The van der Waals surface area contributed by atoms with Crippen LogP contribution in [0.5, 0.6) is 5.75 Å². The summed E-state index contributed by atoms with van der Waals surface area (Å²) in [5, 5.41) is 14.5. The summed E-state index contributed by atoms with van der Waals surface area (Å²) in [5.41, 5.74) is 2.01. The van der Waals surface area contributed by atoms with Gasteiger partial charge in [0.25, 0.3) is 0 Å². The first-order chi connectivity index (χ1) is 12.2. The second-order valence-corrected chi connectivity index (χ2v) is 6.88. The minimum atomic E-state index is 0.132. The minimum Gasteiger partial charge on any atom is -0.507 e. The van der Waals surface area contributed by atoms with Crippen LogP contribution in [0, 0.1) is 0 Å². The SMILES string of the molecule is C[C@H](Nc1ncnc2sc(-c3ccccc3O)cc12)c1ccccc1. The molecule has 0 radical (unpaired) electrons. The first-order valence-corrected chi connectivity index (χ1v) is 8.88. The number of para-hydroxylation sites is 1. The lowest BCUT2D eigenvalue weighted by atomic mass is 10.1. The summed E-state index contributed by atoms with van der Waals surface area (Å²) in [4.78, 5) is 10.7. The number of phenolic OH excluding ortho intramolecular Hbond substituents is 1. The number of anilines is 1. The average molecular weight is 347 g/mol. The summed E-state index contributed by atoms with van der Waals surface area (Å²) in [5.74, 6) is 1.08. The molecule has 2 N–H and O–H groups in total. The number of nitrogens with one attached hydrogen (secondary N) is 1. The predicted molar refractivity (Wildman–Crippen MR) is 103 cm³/mol. The van der Waals surface area contributed by atoms with Crippen molar-refractivity contribution in [3.05, 3.63) is 72.6 Å². The molecule has 2 aromatic carbocycles. The normalized spacial score (nSPS) is 12.2. The topological polar surface area (TPSA) is 58.0 Å². The number of aromatic nitrogens is 2. The standard InChI is InChI=1S/C20H17N3OS/c1-13(14-7-3-2-4-8-14)23-19-16-11-18(25-20(16)22-12-21-19)15-9-5-6-10-17(15)24/h2-13,24H,1H3,(H,21,22,23)/t13-/m0/s1. The van der Waals surface area contributed by atoms with Crippen molar-refractivity contribution in [2.24, 2.45) is 0 Å². The highest BCUT2D eigenvalue weighted by molar-refractivity contribution is 7.22. The molecule has 4 nitrogen and oxygen atoms in total. The molecule has 0 aliphatic heterocycles. The second kappa shape index (κ2) is 6.53. The van der Waals surface area contributed by atoms with Crippen molar-refractivity contribution < 1.29 is 5.11 Å². The molecule has 124 valence electrons. The zero-order valence-electron chi connectivity index (χ0n) is 13.7. The highest BCUT2D eigenvalue weighted by Gasteiger charge is 2.14. The van der Waals surface area contributed by atoms with Crippen LogP contribution in [-0.4, -0.2) is 15.1 Å². The third-order valence-corrected chi connectivity index (χ3v) is 5.23. The van der Waals surface area contributed by atoms with Gasteiger partial charge in [0, 0.05) is 16.5 Å². The molecular formula is C20H17N3OS. The Hall–Kier alpha value is -2.92. The van der Waals surface area contributed by atoms with E-state index in [-0.39, 0.29) is 11.8 Å². The van der Waals surface area contributed by atoms with E-state index in [1.54, 1.807) is 23.7 Å². The van der Waals surface area contributed by atoms with Gasteiger partial charge in [0.2, 0.25) is 0 Å². The van der Waals surface area contributed by atoms with Crippen LogP contribution in [0.1, 0.15) is 18.5 Å². The molecule has 0 aliphatic rings. The van der Waals surface area contributed by atoms with E-state index >= 15 is 0 Å². The lowest BCUT2D eigenvalue weighted by Crippen LogP contribution is -2.08. The molecule has 4 aromatic rings. The maximum absolute atomic E-state index is 10.1. The zero-order chi connectivity index (χ0) is 17.2. The molecule has 0 saturated heterocycles. The van der Waals surface area contributed by atoms with E-state index in [0.29, 0.717) is 0 Å². The summed E-state index contributed by atoms with van der Waals surface area (Å²) >= 11 is 1.55. The van der Waals surface area contributed by atoms with Crippen LogP contribution < -0.4 is 5.32 Å². The lowest BCUT2D eigenvalue weighted by molar-refractivity contribution is 0.477. The highest BCUT2D eigenvalue weighted by Crippen LogP contribution is 2.39. The van der Waals surface area contributed by atoms with Crippen molar-refractivity contribution in [2.45, 2.75) is 13.0 Å². The van der Waals surface area contributed by atoms with Crippen molar-refractivity contribution >= 4 is 27.4 Å². The molecule has 0 bridgehead atoms. The van der Waals surface area contributed by atoms with Gasteiger partial charge in [-0.3, -0.25) is 0 Å². The first-order valence-electron chi connectivity index (χ1n) is 8.07. The van der Waals surface area contributed by atoms with Gasteiger partial charge in [0.1, 0.15) is 22.7 Å². The van der Waals surface area contributed by atoms with Gasteiger partial charge in [-0.2, -0.15) is 0 Å². The van der Waals surface area contributed by atoms with E-state index in [2.05, 4.69) is 34.3 Å². The van der Waals surface area contributed by atoms with Crippen molar-refractivity contribution in [3.63, 3.8) is 0 Å². The van der Waals surface area contributed by atoms with Crippen LogP contribution >= 0.6 is 11.3 Å². The van der Waals surface area contributed by atoms with Gasteiger partial charge in [-0.05, 0) is 30.7 Å². The van der Waals surface area contributed by atoms with Gasteiger partial charge in [-0.15, -0.1) is 11.3 Å². The van der Waals surface area contributed by atoms with Crippen LogP contribution in [0.25, 0.3) is 20.7 Å². The summed E-state index contributed by atoms with van der Waals surface area (Å²) in [7, 11) is 0. The Balaban J connectivity index is 1.72. The summed E-state index contributed by atoms with van der Waals surface area (Å²) in [6.07, 6.45) is 1.58. The van der Waals surface area contributed by atoms with E-state index in [0.717, 1.165) is 26.5 Å². The van der Waals surface area contributed by atoms with Crippen LogP contribution in [-0.2, 0) is 0 Å². The quantitative estimate of drug-likeness (QED) is 0.530. The first kappa shape index (κ1) is 15.6. The van der Waals surface area contributed by atoms with E-state index in [9.17, 15) is 5.11 Å². The Labute approximate surface area is 149 Å². The van der Waals surface area contributed by atoms with Gasteiger partial charge in [0.05, 0.1) is 5.39 Å². The number of hydrogen-bond acceptors (Lipinski definition) is 5. The fraction of sp³-hybridized carbons (Fsp3) is 0.100. The third kappa shape index (κ3) is 3.06. The molecular weight excluding hydrogens is 330 g/mol. The Bertz CT molecular complexity index is 1010. The summed E-state index contributed by atoms with van der Waals surface area (Å²) in [6.45, 7) is 2.11. The number of nitrogens with zero attached hydrogens (tertiary/aromatic N) is 2. The smallest absolute Gasteiger partial charge is 0.138 e. The van der Waals surface area contributed by atoms with E-state index in [4.69, 9.17) is 0 Å². The van der Waals surface area contributed by atoms with Gasteiger partial charge >= 0.3 is 0 Å². The molecule has 0 amide bonds. The number of rotatable bonds is 4. The van der Waals surface area contributed by atoms with Crippen LogP contribution in [0.4, 0.5) is 5.82 Å². The Kier molecular flexibility index (Phi) is 4.07. The Morgan fingerprint density at radius 3 is 2.56 bits per heavy atom. The number of benzene rings is 2. The summed E-state index contributed by atoms with van der Waals surface area (Å²) in [6, 6.07) is 19.8. The van der Waals surface area contributed by atoms with Crippen molar-refractivity contribution in [3.8, 4) is 16.2 Å². The lowest BCUT2D eigenvalue weighted by Gasteiger charge is -2.15. The van der Waals surface area contributed by atoms with E-state index in [1.165, 1.54) is 5.56 Å². The van der Waals surface area contributed by atoms with Gasteiger partial charge in [-0.25, -0.2) is 9.97 Å². The molecule has 1 atom stereocenters. The molecule has 4 rings (SSSR count). The van der Waals surface area contributed by atoms with Gasteiger partial charge < -0.3 is 10.4 Å². The Morgan fingerprint density at radius 1 is 1.00 bits per heavy atom. The summed E-state index contributed by atoms with van der Waals surface area (Å²) < 4.78 is 0. The van der Waals surface area contributed by atoms with E-state index < -0.39 is 0 Å². The number of fused-ring (bicyclic) bond motifs is 1. The maximum atomic E-state index is 10.1. The molecule has 2 heterocycles. The molecule has 0 fully saturated rings. The minimum absolute atomic E-state index is 0.132. The van der Waals surface area contributed by atoms with Gasteiger partial charge in [-0.1, -0.05) is 42.5 Å². The number of aromatic hydroxyl groups is 1. The van der Waals surface area contributed by atoms with Crippen molar-refractivity contribution in [2.75, 3.05) is 5.32 Å². The molecule has 0 unspecified atom stereocenters. The van der Waals surface area contributed by atoms with Crippen LogP contribution in [0.2, 0.25) is 0 Å². The maximum Gasteiger partial charge on any atom is 0.138 e. The van der Waals surface area contributed by atoms with Crippen molar-refractivity contribution in [1.82, 2.24) is 9.97 Å². The third-order valence-electron chi connectivity index (χ3n) is 4.15. The second-order valence-electron chi connectivity index (χ2n) is 5.85. The molecule has 25 heavy (non-hydrogen) atoms. The fourth-order valence-corrected chi connectivity index (χ4v) is 3.85.